The number of rotatable bonds is 3. The molecule has 0 N–H and O–H groups in total. The summed E-state index contributed by atoms with van der Waals surface area (Å²) in [6.07, 6.45) is 5.70. The van der Waals surface area contributed by atoms with Crippen molar-refractivity contribution in [2.24, 2.45) is 11.3 Å². The van der Waals surface area contributed by atoms with E-state index in [0.717, 1.165) is 5.92 Å². The molecule has 84 valence electrons. The Morgan fingerprint density at radius 3 is 2.57 bits per heavy atom. The maximum absolute atomic E-state index is 2.61. The number of nitrogens with zero attached hydrogens (tertiary/aromatic N) is 1. The van der Waals surface area contributed by atoms with Crippen molar-refractivity contribution in [2.75, 3.05) is 19.6 Å². The quantitative estimate of drug-likeness (QED) is 0.669. The van der Waals surface area contributed by atoms with Crippen molar-refractivity contribution < 1.29 is 0 Å². The van der Waals surface area contributed by atoms with Gasteiger partial charge in [-0.25, -0.2) is 0 Å². The maximum atomic E-state index is 2.61. The van der Waals surface area contributed by atoms with Gasteiger partial charge in [-0.05, 0) is 50.1 Å². The lowest BCUT2D eigenvalue weighted by Crippen LogP contribution is -2.35. The van der Waals surface area contributed by atoms with Gasteiger partial charge in [-0.2, -0.15) is 0 Å². The van der Waals surface area contributed by atoms with Crippen molar-refractivity contribution in [3.05, 3.63) is 0 Å². The van der Waals surface area contributed by atoms with Gasteiger partial charge in [0.2, 0.25) is 0 Å². The van der Waals surface area contributed by atoms with Crippen molar-refractivity contribution >= 4 is 0 Å². The molecule has 1 atom stereocenters. The van der Waals surface area contributed by atoms with E-state index in [0.29, 0.717) is 5.41 Å². The van der Waals surface area contributed by atoms with Crippen LogP contribution in [0.25, 0.3) is 0 Å². The first-order chi connectivity index (χ1) is 6.51. The van der Waals surface area contributed by atoms with Crippen LogP contribution in [-0.2, 0) is 0 Å². The normalized spacial score (nSPS) is 25.3. The van der Waals surface area contributed by atoms with Crippen LogP contribution in [0.1, 0.15) is 53.4 Å². The van der Waals surface area contributed by atoms with Crippen molar-refractivity contribution in [1.29, 1.82) is 0 Å². The molecule has 0 aromatic heterocycles. The third-order valence-electron chi connectivity index (χ3n) is 3.35. The minimum absolute atomic E-state index is 0.522. The molecule has 1 nitrogen and oxygen atoms in total. The van der Waals surface area contributed by atoms with Crippen LogP contribution in [0.3, 0.4) is 0 Å². The van der Waals surface area contributed by atoms with Crippen LogP contribution in [-0.4, -0.2) is 24.5 Å². The molecule has 14 heavy (non-hydrogen) atoms. The molecule has 0 aromatic rings. The summed E-state index contributed by atoms with van der Waals surface area (Å²) in [4.78, 5) is 2.61. The fraction of sp³-hybridized carbons (Fsp3) is 1.00. The van der Waals surface area contributed by atoms with E-state index in [1.165, 1.54) is 45.3 Å². The zero-order valence-corrected chi connectivity index (χ0v) is 10.5. The van der Waals surface area contributed by atoms with Crippen LogP contribution in [0, 0.1) is 11.3 Å². The second kappa shape index (κ2) is 5.16. The predicted octanol–water partition coefficient (Wildman–Crippen LogP) is 3.54. The fourth-order valence-electron chi connectivity index (χ4n) is 2.31. The molecule has 0 aliphatic carbocycles. The van der Waals surface area contributed by atoms with E-state index in [1.54, 1.807) is 0 Å². The van der Waals surface area contributed by atoms with Gasteiger partial charge in [0, 0.05) is 6.54 Å². The molecule has 0 saturated carbocycles. The van der Waals surface area contributed by atoms with Gasteiger partial charge in [-0.3, -0.25) is 0 Å². The smallest absolute Gasteiger partial charge is 0.000955 e. The summed E-state index contributed by atoms with van der Waals surface area (Å²) in [6, 6.07) is 0. The highest BCUT2D eigenvalue weighted by Crippen LogP contribution is 2.27. The van der Waals surface area contributed by atoms with Gasteiger partial charge >= 0.3 is 0 Å². The zero-order chi connectivity index (χ0) is 10.6. The second-order valence-electron chi connectivity index (χ2n) is 6.00. The van der Waals surface area contributed by atoms with Crippen LogP contribution in [0.2, 0.25) is 0 Å². The second-order valence-corrected chi connectivity index (χ2v) is 6.00. The number of hydrogen-bond acceptors (Lipinski definition) is 1. The standard InChI is InChI=1S/C13H27N/c1-5-14-10-6-7-12(11-14)8-9-13(2,3)4/h12H,5-11H2,1-4H3. The van der Waals surface area contributed by atoms with Crippen molar-refractivity contribution in [1.82, 2.24) is 4.90 Å². The minimum Gasteiger partial charge on any atom is -0.303 e. The molecule has 1 heteroatoms. The van der Waals surface area contributed by atoms with Crippen molar-refractivity contribution in [3.8, 4) is 0 Å². The van der Waals surface area contributed by atoms with E-state index in [2.05, 4.69) is 32.6 Å². The first-order valence-corrected chi connectivity index (χ1v) is 6.23. The van der Waals surface area contributed by atoms with Gasteiger partial charge in [-0.15, -0.1) is 0 Å². The zero-order valence-electron chi connectivity index (χ0n) is 10.5. The average molecular weight is 197 g/mol. The molecule has 1 rings (SSSR count). The Morgan fingerprint density at radius 2 is 2.00 bits per heavy atom. The summed E-state index contributed by atoms with van der Waals surface area (Å²) in [5.41, 5.74) is 0.522. The summed E-state index contributed by atoms with van der Waals surface area (Å²) in [5.74, 6) is 0.975. The summed E-state index contributed by atoms with van der Waals surface area (Å²) in [6.45, 7) is 13.3. The molecule has 1 unspecified atom stereocenters. The van der Waals surface area contributed by atoms with Crippen LogP contribution < -0.4 is 0 Å². The van der Waals surface area contributed by atoms with Crippen LogP contribution in [0.4, 0.5) is 0 Å². The molecular weight excluding hydrogens is 170 g/mol. The molecule has 1 fully saturated rings. The Labute approximate surface area is 89.9 Å². The van der Waals surface area contributed by atoms with Crippen LogP contribution in [0.15, 0.2) is 0 Å². The molecule has 0 amide bonds. The first-order valence-electron chi connectivity index (χ1n) is 6.23. The van der Waals surface area contributed by atoms with E-state index in [1.807, 2.05) is 0 Å². The third kappa shape index (κ3) is 4.45. The van der Waals surface area contributed by atoms with Gasteiger partial charge < -0.3 is 4.90 Å². The predicted molar refractivity (Wildman–Crippen MR) is 63.5 cm³/mol. The van der Waals surface area contributed by atoms with E-state index >= 15 is 0 Å². The molecule has 0 aromatic carbocycles. The summed E-state index contributed by atoms with van der Waals surface area (Å²) in [7, 11) is 0. The number of likely N-dealkylation sites (tertiary alicyclic amines) is 1. The first kappa shape index (κ1) is 12.0. The Kier molecular flexibility index (Phi) is 4.43. The van der Waals surface area contributed by atoms with Gasteiger partial charge in [0.15, 0.2) is 0 Å². The van der Waals surface area contributed by atoms with Gasteiger partial charge in [0.1, 0.15) is 0 Å². The van der Waals surface area contributed by atoms with E-state index in [4.69, 9.17) is 0 Å². The number of piperidine rings is 1. The van der Waals surface area contributed by atoms with Gasteiger partial charge in [0.05, 0.1) is 0 Å². The minimum atomic E-state index is 0.522. The lowest BCUT2D eigenvalue weighted by Gasteiger charge is -2.33. The third-order valence-corrected chi connectivity index (χ3v) is 3.35. The average Bonchev–Trinajstić information content (AvgIpc) is 2.14. The molecule has 1 aliphatic rings. The van der Waals surface area contributed by atoms with E-state index in [-0.39, 0.29) is 0 Å². The Hall–Kier alpha value is -0.0400. The van der Waals surface area contributed by atoms with Gasteiger partial charge in [0.25, 0.3) is 0 Å². The highest BCUT2D eigenvalue weighted by Gasteiger charge is 2.20. The SMILES string of the molecule is CCN1CCCC(CCC(C)(C)C)C1. The fourth-order valence-corrected chi connectivity index (χ4v) is 2.31. The molecule has 0 bridgehead atoms. The highest BCUT2D eigenvalue weighted by molar-refractivity contribution is 4.74. The molecule has 1 heterocycles. The van der Waals surface area contributed by atoms with Crippen molar-refractivity contribution in [3.63, 3.8) is 0 Å². The molecule has 0 spiro atoms. The summed E-state index contributed by atoms with van der Waals surface area (Å²) >= 11 is 0. The van der Waals surface area contributed by atoms with E-state index < -0.39 is 0 Å². The molecule has 0 radical (unpaired) electrons. The van der Waals surface area contributed by atoms with Crippen LogP contribution in [0.5, 0.6) is 0 Å². The van der Waals surface area contributed by atoms with E-state index in [9.17, 15) is 0 Å². The number of hydrogen-bond donors (Lipinski definition) is 0. The van der Waals surface area contributed by atoms with Crippen LogP contribution >= 0.6 is 0 Å². The van der Waals surface area contributed by atoms with Crippen molar-refractivity contribution in [2.45, 2.75) is 53.4 Å². The Bertz CT molecular complexity index is 157. The largest absolute Gasteiger partial charge is 0.303 e. The molecule has 1 aliphatic heterocycles. The molecular formula is C13H27N. The summed E-state index contributed by atoms with van der Waals surface area (Å²) < 4.78 is 0. The van der Waals surface area contributed by atoms with Gasteiger partial charge in [-0.1, -0.05) is 27.7 Å². The Morgan fingerprint density at radius 1 is 1.29 bits per heavy atom. The molecule has 1 saturated heterocycles. The monoisotopic (exact) mass is 197 g/mol. The highest BCUT2D eigenvalue weighted by atomic mass is 15.1. The Balaban J connectivity index is 2.24. The summed E-state index contributed by atoms with van der Waals surface area (Å²) in [5, 5.41) is 0. The maximum Gasteiger partial charge on any atom is 0.000955 e. The lowest BCUT2D eigenvalue weighted by atomic mass is 9.84. The lowest BCUT2D eigenvalue weighted by molar-refractivity contribution is 0.164. The topological polar surface area (TPSA) is 3.24 Å².